The van der Waals surface area contributed by atoms with E-state index in [1.807, 2.05) is 0 Å². The highest BCUT2D eigenvalue weighted by atomic mass is 28.4. The highest BCUT2D eigenvalue weighted by Crippen LogP contribution is 2.70. The number of rotatable bonds is 7. The lowest BCUT2D eigenvalue weighted by atomic mass is 9.66. The van der Waals surface area contributed by atoms with E-state index in [2.05, 4.69) is 53.7 Å². The van der Waals surface area contributed by atoms with E-state index in [4.69, 9.17) is 13.9 Å². The summed E-state index contributed by atoms with van der Waals surface area (Å²) in [6, 6.07) is 3.34. The van der Waals surface area contributed by atoms with Gasteiger partial charge in [0.1, 0.15) is 5.60 Å². The van der Waals surface area contributed by atoms with Gasteiger partial charge in [-0.05, 0) is 73.7 Å². The number of ether oxygens (including phenoxy) is 2. The van der Waals surface area contributed by atoms with Crippen LogP contribution in [0.5, 0.6) is 0 Å². The minimum Gasteiger partial charge on any atom is -0.465 e. The minimum atomic E-state index is -1.89. The summed E-state index contributed by atoms with van der Waals surface area (Å²) >= 11 is 0. The lowest BCUT2D eigenvalue weighted by Crippen LogP contribution is -2.50. The molecule has 0 unspecified atom stereocenters. The molecule has 0 radical (unpaired) electrons. The maximum atomic E-state index is 12.9. The zero-order chi connectivity index (χ0) is 22.7. The number of epoxide rings is 1. The van der Waals surface area contributed by atoms with Crippen LogP contribution in [-0.2, 0) is 18.7 Å². The van der Waals surface area contributed by atoms with Crippen LogP contribution in [0, 0.1) is 17.3 Å². The smallest absolute Gasteiger partial charge is 0.337 e. The first-order valence-electron chi connectivity index (χ1n) is 12.6. The van der Waals surface area contributed by atoms with Crippen molar-refractivity contribution in [3.63, 3.8) is 0 Å². The van der Waals surface area contributed by atoms with Crippen molar-refractivity contribution in [3.8, 4) is 0 Å². The molecule has 5 atom stereocenters. The molecule has 174 valence electrons. The fourth-order valence-electron chi connectivity index (χ4n) is 7.31. The Kier molecular flexibility index (Phi) is 5.88. The van der Waals surface area contributed by atoms with E-state index in [0.717, 1.165) is 61.4 Å². The van der Waals surface area contributed by atoms with Gasteiger partial charge in [-0.2, -0.15) is 0 Å². The van der Waals surface area contributed by atoms with Crippen molar-refractivity contribution < 1.29 is 18.7 Å². The maximum absolute atomic E-state index is 12.9. The average Bonchev–Trinajstić information content (AvgIpc) is 3.45. The number of carbonyl (C=O) groups excluding carboxylic acids is 1. The molecular weight excluding hydrogens is 404 g/mol. The molecule has 3 aliphatic carbocycles. The summed E-state index contributed by atoms with van der Waals surface area (Å²) < 4.78 is 19.1. The normalized spacial score (nSPS) is 39.1. The van der Waals surface area contributed by atoms with Crippen LogP contribution in [0.25, 0.3) is 0 Å². The van der Waals surface area contributed by atoms with Crippen LogP contribution in [0.3, 0.4) is 0 Å². The van der Waals surface area contributed by atoms with Crippen molar-refractivity contribution in [3.05, 3.63) is 23.3 Å². The Morgan fingerprint density at radius 3 is 2.45 bits per heavy atom. The average molecular weight is 447 g/mol. The van der Waals surface area contributed by atoms with Crippen molar-refractivity contribution in [2.45, 2.75) is 109 Å². The van der Waals surface area contributed by atoms with Gasteiger partial charge in [-0.1, -0.05) is 47.6 Å². The first-order chi connectivity index (χ1) is 14.7. The van der Waals surface area contributed by atoms with Gasteiger partial charge in [0.25, 0.3) is 0 Å². The van der Waals surface area contributed by atoms with Crippen molar-refractivity contribution in [2.75, 3.05) is 7.11 Å². The van der Waals surface area contributed by atoms with Crippen LogP contribution in [-0.4, -0.2) is 38.7 Å². The van der Waals surface area contributed by atoms with Crippen LogP contribution in [0.1, 0.15) is 73.6 Å². The van der Waals surface area contributed by atoms with Crippen molar-refractivity contribution in [2.24, 2.45) is 17.3 Å². The third kappa shape index (κ3) is 3.25. The van der Waals surface area contributed by atoms with Crippen molar-refractivity contribution >= 4 is 14.3 Å². The number of esters is 1. The van der Waals surface area contributed by atoms with Crippen LogP contribution < -0.4 is 0 Å². The predicted octanol–water partition coefficient (Wildman–Crippen LogP) is 6.18. The quantitative estimate of drug-likeness (QED) is 0.266. The summed E-state index contributed by atoms with van der Waals surface area (Å²) in [5.41, 5.74) is 1.26. The molecule has 1 saturated carbocycles. The van der Waals surface area contributed by atoms with Gasteiger partial charge in [-0.3, -0.25) is 0 Å². The molecule has 0 aromatic carbocycles. The fraction of sp³-hybridized carbons (Fsp3) is 0.808. The van der Waals surface area contributed by atoms with Gasteiger partial charge >= 0.3 is 5.97 Å². The van der Waals surface area contributed by atoms with E-state index in [1.165, 1.54) is 7.11 Å². The predicted molar refractivity (Wildman–Crippen MR) is 126 cm³/mol. The van der Waals surface area contributed by atoms with Gasteiger partial charge in [0.2, 0.25) is 0 Å². The monoisotopic (exact) mass is 446 g/mol. The largest absolute Gasteiger partial charge is 0.465 e. The summed E-state index contributed by atoms with van der Waals surface area (Å²) in [6.45, 7) is 14.0. The summed E-state index contributed by atoms with van der Waals surface area (Å²) in [5, 5.41) is 0. The van der Waals surface area contributed by atoms with E-state index in [9.17, 15) is 4.79 Å². The number of hydrogen-bond donors (Lipinski definition) is 0. The summed E-state index contributed by atoms with van der Waals surface area (Å²) in [4.78, 5) is 12.9. The summed E-state index contributed by atoms with van der Waals surface area (Å²) in [7, 11) is -0.400. The zero-order valence-electron chi connectivity index (χ0n) is 20.7. The molecule has 31 heavy (non-hydrogen) atoms. The fourth-order valence-corrected chi connectivity index (χ4v) is 10.4. The second kappa shape index (κ2) is 7.84. The highest BCUT2D eigenvalue weighted by Gasteiger charge is 2.75. The Balaban J connectivity index is 1.85. The van der Waals surface area contributed by atoms with Gasteiger partial charge < -0.3 is 13.9 Å². The van der Waals surface area contributed by atoms with Gasteiger partial charge in [-0.15, -0.1) is 0 Å². The number of carbonyl (C=O) groups is 1. The number of methoxy groups -OCH3 is 1. The lowest BCUT2D eigenvalue weighted by molar-refractivity contribution is -0.136. The Morgan fingerprint density at radius 2 is 1.87 bits per heavy atom. The Hall–Kier alpha value is -0.913. The Labute approximate surface area is 189 Å². The van der Waals surface area contributed by atoms with E-state index in [0.29, 0.717) is 11.8 Å². The first kappa shape index (κ1) is 23.3. The molecular formula is C26H42O4Si. The molecule has 1 heterocycles. The minimum absolute atomic E-state index is 0.0859. The van der Waals surface area contributed by atoms with Crippen LogP contribution in [0.4, 0.5) is 0 Å². The molecule has 4 rings (SSSR count). The van der Waals surface area contributed by atoms with Crippen molar-refractivity contribution in [1.29, 1.82) is 0 Å². The van der Waals surface area contributed by atoms with Crippen LogP contribution in [0.2, 0.25) is 18.1 Å². The highest BCUT2D eigenvalue weighted by molar-refractivity contribution is 6.73. The van der Waals surface area contributed by atoms with Crippen LogP contribution in [0.15, 0.2) is 23.3 Å². The zero-order valence-corrected chi connectivity index (χ0v) is 21.7. The van der Waals surface area contributed by atoms with Gasteiger partial charge in [-0.25, -0.2) is 4.79 Å². The molecule has 1 saturated heterocycles. The summed E-state index contributed by atoms with van der Waals surface area (Å²) in [6.07, 6.45) is 9.72. The molecule has 4 aliphatic rings. The lowest BCUT2D eigenvalue weighted by Gasteiger charge is -2.46. The van der Waals surface area contributed by atoms with Crippen molar-refractivity contribution in [1.82, 2.24) is 0 Å². The van der Waals surface area contributed by atoms with Gasteiger partial charge in [0, 0.05) is 5.41 Å². The van der Waals surface area contributed by atoms with Gasteiger partial charge in [0.05, 0.1) is 24.4 Å². The number of allylic oxidation sites excluding steroid dienone is 1. The molecule has 0 amide bonds. The van der Waals surface area contributed by atoms with E-state index in [-0.39, 0.29) is 28.7 Å². The molecule has 5 heteroatoms. The van der Waals surface area contributed by atoms with E-state index >= 15 is 0 Å². The summed E-state index contributed by atoms with van der Waals surface area (Å²) in [5.74, 6) is 1.03. The molecule has 0 bridgehead atoms. The third-order valence-corrected chi connectivity index (χ3v) is 14.3. The topological polar surface area (TPSA) is 48.1 Å². The molecule has 1 spiro atoms. The molecule has 0 aromatic heterocycles. The maximum Gasteiger partial charge on any atom is 0.337 e. The first-order valence-corrected chi connectivity index (χ1v) is 15.1. The third-order valence-electron chi connectivity index (χ3n) is 9.58. The second-order valence-corrected chi connectivity index (χ2v) is 15.6. The standard InChI is InChI=1S/C26H42O4Si/c1-8-31(9-2,10-3)30-25-13-11-12-19(23(27)28-7)21(25)17-26-22(29-26)16-20(18(4)5)24(26,6)14-15-25/h12,17-18,20,22H,8-11,13-16H2,1-7H3/t20-,22+,24-,25+,26+/m1/s1. The molecule has 0 aromatic rings. The van der Waals surface area contributed by atoms with Gasteiger partial charge in [0.15, 0.2) is 8.32 Å². The Bertz CT molecular complexity index is 789. The molecule has 2 fully saturated rings. The van der Waals surface area contributed by atoms with E-state index in [1.54, 1.807) is 0 Å². The molecule has 4 nitrogen and oxygen atoms in total. The van der Waals surface area contributed by atoms with E-state index < -0.39 is 8.32 Å². The Morgan fingerprint density at radius 1 is 1.19 bits per heavy atom. The van der Waals surface area contributed by atoms with Crippen LogP contribution >= 0.6 is 0 Å². The molecule has 0 N–H and O–H groups in total. The number of hydrogen-bond acceptors (Lipinski definition) is 4. The molecule has 1 aliphatic heterocycles. The SMILES string of the molecule is CC[Si](CC)(CC)O[C@]12CCC=C(C(=O)OC)C1=C[C@]13O[C@H]1C[C@H](C(C)C)[C@@]3(C)CC2. The second-order valence-electron chi connectivity index (χ2n) is 10.9. The number of fused-ring (bicyclic) bond motifs is 1.